The van der Waals surface area contributed by atoms with Gasteiger partial charge in [-0.05, 0) is 35.4 Å². The van der Waals surface area contributed by atoms with E-state index in [2.05, 4.69) is 23.2 Å². The smallest absolute Gasteiger partial charge is 0.0456 e. The Morgan fingerprint density at radius 3 is 2.47 bits per heavy atom. The first-order valence-corrected chi connectivity index (χ1v) is 6.58. The Labute approximate surface area is 105 Å². The van der Waals surface area contributed by atoms with E-state index in [9.17, 15) is 0 Å². The molecule has 0 radical (unpaired) electrons. The number of hydrogen-bond acceptors (Lipinski definition) is 2. The van der Waals surface area contributed by atoms with Gasteiger partial charge in [0.2, 0.25) is 0 Å². The summed E-state index contributed by atoms with van der Waals surface area (Å²) in [6.07, 6.45) is 2.99. The highest BCUT2D eigenvalue weighted by Crippen LogP contribution is 2.17. The van der Waals surface area contributed by atoms with E-state index in [1.165, 1.54) is 16.5 Å². The molecule has 0 saturated heterocycles. The Hall–Kier alpha value is -1.58. The van der Waals surface area contributed by atoms with Crippen LogP contribution in [0.3, 0.4) is 0 Å². The van der Waals surface area contributed by atoms with E-state index in [0.29, 0.717) is 6.54 Å². The van der Waals surface area contributed by atoms with Crippen molar-refractivity contribution in [3.63, 3.8) is 0 Å². The largest absolute Gasteiger partial charge is 0.361 e. The van der Waals surface area contributed by atoms with Crippen molar-refractivity contribution in [2.75, 3.05) is 6.54 Å². The highest BCUT2D eigenvalue weighted by Gasteiger charge is 1.99. The fourth-order valence-corrected chi connectivity index (χ4v) is 2.17. The lowest BCUT2D eigenvalue weighted by Gasteiger charge is -1.93. The molecule has 0 aliphatic rings. The number of aromatic nitrogens is 1. The molecule has 0 unspecified atom stereocenters. The molecule has 1 aromatic carbocycles. The molecule has 0 atom stereocenters. The van der Waals surface area contributed by atoms with Gasteiger partial charge in [-0.3, -0.25) is 0 Å². The average molecular weight is 244 g/mol. The van der Waals surface area contributed by atoms with Gasteiger partial charge < -0.3 is 10.7 Å². The monoisotopic (exact) mass is 244 g/mol. The van der Waals surface area contributed by atoms with Crippen LogP contribution >= 0.6 is 11.3 Å². The summed E-state index contributed by atoms with van der Waals surface area (Å²) in [6, 6.07) is 12.3. The summed E-state index contributed by atoms with van der Waals surface area (Å²) >= 11 is 1.71. The van der Waals surface area contributed by atoms with Crippen molar-refractivity contribution in [1.29, 1.82) is 0 Å². The fraction of sp³-hybridized carbons (Fsp3) is 0.143. The number of aromatic amines is 1. The number of nitrogens with one attached hydrogen (secondary N) is 1. The van der Waals surface area contributed by atoms with Gasteiger partial charge in [0.05, 0.1) is 0 Å². The Kier molecular flexibility index (Phi) is 4.36. The number of rotatable bonds is 2. The second-order valence-corrected chi connectivity index (χ2v) is 4.51. The molecule has 0 aliphatic heterocycles. The number of fused-ring (bicyclic) bond motifs is 1. The van der Waals surface area contributed by atoms with Crippen LogP contribution in [-0.2, 0) is 6.42 Å². The molecule has 0 saturated carbocycles. The van der Waals surface area contributed by atoms with E-state index in [0.717, 1.165) is 6.42 Å². The van der Waals surface area contributed by atoms with E-state index < -0.39 is 0 Å². The average Bonchev–Trinajstić information content (AvgIpc) is 3.02. The molecule has 3 aromatic rings. The van der Waals surface area contributed by atoms with Crippen molar-refractivity contribution in [1.82, 2.24) is 4.98 Å². The quantitative estimate of drug-likeness (QED) is 0.712. The van der Waals surface area contributed by atoms with Crippen LogP contribution in [0.15, 0.2) is 53.4 Å². The van der Waals surface area contributed by atoms with E-state index >= 15 is 0 Å². The van der Waals surface area contributed by atoms with Crippen LogP contribution < -0.4 is 5.73 Å². The van der Waals surface area contributed by atoms with Crippen LogP contribution in [0.2, 0.25) is 0 Å². The minimum Gasteiger partial charge on any atom is -0.361 e. The third-order valence-corrected chi connectivity index (χ3v) is 3.14. The van der Waals surface area contributed by atoms with Crippen molar-refractivity contribution < 1.29 is 0 Å². The van der Waals surface area contributed by atoms with Crippen molar-refractivity contribution in [3.05, 3.63) is 58.9 Å². The third-order valence-electron chi connectivity index (χ3n) is 2.51. The van der Waals surface area contributed by atoms with Gasteiger partial charge in [0.1, 0.15) is 0 Å². The number of nitrogens with two attached hydrogens (primary N) is 1. The predicted molar refractivity (Wildman–Crippen MR) is 75.4 cm³/mol. The van der Waals surface area contributed by atoms with Gasteiger partial charge in [-0.2, -0.15) is 11.3 Å². The van der Waals surface area contributed by atoms with Gasteiger partial charge >= 0.3 is 0 Å². The number of benzene rings is 1. The van der Waals surface area contributed by atoms with E-state index in [1.807, 2.05) is 35.2 Å². The van der Waals surface area contributed by atoms with E-state index in [-0.39, 0.29) is 0 Å². The standard InChI is InChI=1S/C10H12N2.C4H4S/c11-6-5-8-7-12-10-4-2-1-3-9(8)10;1-2-4-5-3-1/h1-4,7,12H,5-6,11H2;1-4H. The summed E-state index contributed by atoms with van der Waals surface area (Å²) < 4.78 is 0. The summed E-state index contributed by atoms with van der Waals surface area (Å²) in [5.74, 6) is 0. The van der Waals surface area contributed by atoms with Gasteiger partial charge in [0, 0.05) is 17.1 Å². The van der Waals surface area contributed by atoms with Crippen molar-refractivity contribution in [2.24, 2.45) is 5.73 Å². The lowest BCUT2D eigenvalue weighted by molar-refractivity contribution is 0.976. The SMILES string of the molecule is NCCc1c[nH]c2ccccc12.c1ccsc1. The molecule has 3 heteroatoms. The number of H-pyrrole nitrogens is 1. The minimum absolute atomic E-state index is 0.710. The molecule has 3 rings (SSSR count). The summed E-state index contributed by atoms with van der Waals surface area (Å²) in [5.41, 5.74) is 8.01. The number of hydrogen-bond donors (Lipinski definition) is 2. The zero-order valence-corrected chi connectivity index (χ0v) is 10.4. The molecule has 2 nitrogen and oxygen atoms in total. The van der Waals surface area contributed by atoms with Crippen LogP contribution in [0.4, 0.5) is 0 Å². The fourth-order valence-electron chi connectivity index (χ4n) is 1.72. The molecule has 0 aliphatic carbocycles. The van der Waals surface area contributed by atoms with Crippen LogP contribution in [0.5, 0.6) is 0 Å². The van der Waals surface area contributed by atoms with Gasteiger partial charge in [0.15, 0.2) is 0 Å². The van der Waals surface area contributed by atoms with Crippen LogP contribution in [0, 0.1) is 0 Å². The van der Waals surface area contributed by atoms with Crippen LogP contribution in [0.1, 0.15) is 5.56 Å². The minimum atomic E-state index is 0.710. The first-order valence-electron chi connectivity index (χ1n) is 5.64. The zero-order valence-electron chi connectivity index (χ0n) is 9.60. The lowest BCUT2D eigenvalue weighted by Crippen LogP contribution is -2.01. The molecule has 0 bridgehead atoms. The highest BCUT2D eigenvalue weighted by molar-refractivity contribution is 7.07. The Morgan fingerprint density at radius 2 is 1.82 bits per heavy atom. The van der Waals surface area contributed by atoms with Crippen molar-refractivity contribution >= 4 is 22.2 Å². The van der Waals surface area contributed by atoms with Gasteiger partial charge in [-0.1, -0.05) is 30.3 Å². The molecule has 2 aromatic heterocycles. The first kappa shape index (κ1) is 11.9. The maximum atomic E-state index is 5.50. The molecule has 0 amide bonds. The maximum Gasteiger partial charge on any atom is 0.0456 e. The summed E-state index contributed by atoms with van der Waals surface area (Å²) in [4.78, 5) is 3.22. The summed E-state index contributed by atoms with van der Waals surface area (Å²) in [7, 11) is 0. The number of thiophene rings is 1. The second-order valence-electron chi connectivity index (χ2n) is 3.69. The third kappa shape index (κ3) is 3.19. The molecule has 2 heterocycles. The molecule has 88 valence electrons. The molecule has 0 fully saturated rings. The van der Waals surface area contributed by atoms with Crippen LogP contribution in [0.25, 0.3) is 10.9 Å². The Balaban J connectivity index is 0.000000181. The lowest BCUT2D eigenvalue weighted by atomic mass is 10.1. The van der Waals surface area contributed by atoms with Gasteiger partial charge in [0.25, 0.3) is 0 Å². The second kappa shape index (κ2) is 6.23. The maximum absolute atomic E-state index is 5.50. The van der Waals surface area contributed by atoms with Crippen molar-refractivity contribution in [2.45, 2.75) is 6.42 Å². The normalized spacial score (nSPS) is 9.94. The van der Waals surface area contributed by atoms with Crippen LogP contribution in [-0.4, -0.2) is 11.5 Å². The summed E-state index contributed by atoms with van der Waals surface area (Å²) in [5, 5.41) is 5.38. The molecule has 3 N–H and O–H groups in total. The Bertz CT molecular complexity index is 523. The molecular weight excluding hydrogens is 228 g/mol. The number of para-hydroxylation sites is 1. The topological polar surface area (TPSA) is 41.8 Å². The Morgan fingerprint density at radius 1 is 1.06 bits per heavy atom. The van der Waals surface area contributed by atoms with Gasteiger partial charge in [-0.15, -0.1) is 0 Å². The zero-order chi connectivity index (χ0) is 11.9. The molecule has 0 spiro atoms. The van der Waals surface area contributed by atoms with Crippen molar-refractivity contribution in [3.8, 4) is 0 Å². The molecular formula is C14H16N2S. The molecule has 17 heavy (non-hydrogen) atoms. The van der Waals surface area contributed by atoms with E-state index in [4.69, 9.17) is 5.73 Å². The van der Waals surface area contributed by atoms with E-state index in [1.54, 1.807) is 11.3 Å². The van der Waals surface area contributed by atoms with Gasteiger partial charge in [-0.25, -0.2) is 0 Å². The highest BCUT2D eigenvalue weighted by atomic mass is 32.1. The first-order chi connectivity index (χ1) is 8.42. The summed E-state index contributed by atoms with van der Waals surface area (Å²) in [6.45, 7) is 0.710. The predicted octanol–water partition coefficient (Wildman–Crippen LogP) is 3.42.